The first-order valence-electron chi connectivity index (χ1n) is 6.36. The number of likely N-dealkylation sites (N-methyl/N-ethyl adjacent to an activating group) is 1. The Kier molecular flexibility index (Phi) is 5.79. The van der Waals surface area contributed by atoms with Crippen molar-refractivity contribution < 1.29 is 19.4 Å². The van der Waals surface area contributed by atoms with E-state index in [1.165, 1.54) is 7.11 Å². The molecule has 0 saturated heterocycles. The van der Waals surface area contributed by atoms with Crippen LogP contribution in [-0.2, 0) is 4.79 Å². The van der Waals surface area contributed by atoms with Crippen molar-refractivity contribution in [3.05, 3.63) is 18.2 Å². The molecule has 0 heterocycles. The van der Waals surface area contributed by atoms with E-state index in [2.05, 4.69) is 10.6 Å². The maximum atomic E-state index is 12.1. The molecule has 0 spiro atoms. The summed E-state index contributed by atoms with van der Waals surface area (Å²) in [5, 5.41) is 14.5. The summed E-state index contributed by atoms with van der Waals surface area (Å²) in [7, 11) is 3.26. The van der Waals surface area contributed by atoms with Gasteiger partial charge in [0.1, 0.15) is 6.61 Å². The van der Waals surface area contributed by atoms with Crippen LogP contribution in [0.2, 0.25) is 0 Å². The Balaban J connectivity index is 2.89. The summed E-state index contributed by atoms with van der Waals surface area (Å²) in [6.07, 6.45) is 0. The Morgan fingerprint density at radius 1 is 1.35 bits per heavy atom. The molecule has 0 unspecified atom stereocenters. The molecule has 1 aromatic carbocycles. The van der Waals surface area contributed by atoms with Crippen LogP contribution < -0.4 is 20.1 Å². The van der Waals surface area contributed by atoms with Gasteiger partial charge in [0.2, 0.25) is 5.91 Å². The molecule has 0 aromatic heterocycles. The molecule has 0 bridgehead atoms. The first-order valence-corrected chi connectivity index (χ1v) is 6.36. The van der Waals surface area contributed by atoms with Crippen molar-refractivity contribution in [2.24, 2.45) is 0 Å². The molecule has 0 aliphatic rings. The molecule has 0 saturated carbocycles. The van der Waals surface area contributed by atoms with Gasteiger partial charge in [-0.2, -0.15) is 0 Å². The Morgan fingerprint density at radius 2 is 2.05 bits per heavy atom. The lowest BCUT2D eigenvalue weighted by molar-refractivity contribution is -0.121. The SMILES string of the molecule is CNC(C)(C)C(=O)Nc1ccc(OC)c(OCCO)c1. The summed E-state index contributed by atoms with van der Waals surface area (Å²) in [6.45, 7) is 3.65. The number of carbonyl (C=O) groups excluding carboxylic acids is 1. The van der Waals surface area contributed by atoms with Crippen molar-refractivity contribution in [2.45, 2.75) is 19.4 Å². The predicted octanol–water partition coefficient (Wildman–Crippen LogP) is 1.00. The molecule has 112 valence electrons. The summed E-state index contributed by atoms with van der Waals surface area (Å²) in [5.41, 5.74) is -0.0708. The fourth-order valence-electron chi connectivity index (χ4n) is 1.42. The highest BCUT2D eigenvalue weighted by molar-refractivity contribution is 5.97. The Bertz CT molecular complexity index is 460. The number of methoxy groups -OCH3 is 1. The topological polar surface area (TPSA) is 79.8 Å². The van der Waals surface area contributed by atoms with Gasteiger partial charge in [-0.3, -0.25) is 4.79 Å². The number of benzene rings is 1. The summed E-state index contributed by atoms with van der Waals surface area (Å²) in [5.74, 6) is 0.865. The molecular formula is C14H22N2O4. The third-order valence-electron chi connectivity index (χ3n) is 2.96. The fourth-order valence-corrected chi connectivity index (χ4v) is 1.42. The highest BCUT2D eigenvalue weighted by Gasteiger charge is 2.25. The molecule has 1 amide bonds. The second kappa shape index (κ2) is 7.12. The van der Waals surface area contributed by atoms with E-state index in [9.17, 15) is 4.79 Å². The molecule has 1 rings (SSSR count). The molecule has 6 heteroatoms. The smallest absolute Gasteiger partial charge is 0.244 e. The molecule has 0 aliphatic heterocycles. The van der Waals surface area contributed by atoms with Gasteiger partial charge in [-0.15, -0.1) is 0 Å². The third-order valence-corrected chi connectivity index (χ3v) is 2.96. The summed E-state index contributed by atoms with van der Waals surface area (Å²) < 4.78 is 10.5. The maximum absolute atomic E-state index is 12.1. The zero-order valence-electron chi connectivity index (χ0n) is 12.3. The van der Waals surface area contributed by atoms with E-state index in [0.717, 1.165) is 0 Å². The van der Waals surface area contributed by atoms with Gasteiger partial charge in [0.15, 0.2) is 11.5 Å². The summed E-state index contributed by atoms with van der Waals surface area (Å²) >= 11 is 0. The number of hydrogen-bond acceptors (Lipinski definition) is 5. The molecule has 0 atom stereocenters. The van der Waals surface area contributed by atoms with Crippen LogP contribution in [0.15, 0.2) is 18.2 Å². The number of aliphatic hydroxyl groups is 1. The minimum atomic E-state index is -0.675. The van der Waals surface area contributed by atoms with Gasteiger partial charge in [-0.25, -0.2) is 0 Å². The largest absolute Gasteiger partial charge is 0.493 e. The third kappa shape index (κ3) is 4.11. The minimum Gasteiger partial charge on any atom is -0.493 e. The van der Waals surface area contributed by atoms with Gasteiger partial charge in [-0.1, -0.05) is 0 Å². The lowest BCUT2D eigenvalue weighted by atomic mass is 10.1. The number of anilines is 1. The normalized spacial score (nSPS) is 11.1. The standard InChI is InChI=1S/C14H22N2O4/c1-14(2,15-3)13(18)16-10-5-6-11(19-4)12(9-10)20-8-7-17/h5-6,9,15,17H,7-8H2,1-4H3,(H,16,18). The monoisotopic (exact) mass is 282 g/mol. The number of carbonyl (C=O) groups is 1. The van der Waals surface area contributed by atoms with E-state index in [4.69, 9.17) is 14.6 Å². The van der Waals surface area contributed by atoms with E-state index < -0.39 is 5.54 Å². The second-order valence-electron chi connectivity index (χ2n) is 4.77. The molecule has 6 nitrogen and oxygen atoms in total. The molecule has 0 fully saturated rings. The zero-order chi connectivity index (χ0) is 15.2. The van der Waals surface area contributed by atoms with Crippen LogP contribution in [-0.4, -0.2) is 43.9 Å². The highest BCUT2D eigenvalue weighted by Crippen LogP contribution is 2.30. The van der Waals surface area contributed by atoms with Crippen molar-refractivity contribution in [3.8, 4) is 11.5 Å². The molecule has 3 N–H and O–H groups in total. The number of hydrogen-bond donors (Lipinski definition) is 3. The van der Waals surface area contributed by atoms with Gasteiger partial charge < -0.3 is 25.2 Å². The van der Waals surface area contributed by atoms with Crippen molar-refractivity contribution in [3.63, 3.8) is 0 Å². The lowest BCUT2D eigenvalue weighted by Gasteiger charge is -2.23. The number of rotatable bonds is 7. The average molecular weight is 282 g/mol. The van der Waals surface area contributed by atoms with Crippen LogP contribution in [0.3, 0.4) is 0 Å². The number of aliphatic hydroxyl groups excluding tert-OH is 1. The fraction of sp³-hybridized carbons (Fsp3) is 0.500. The van der Waals surface area contributed by atoms with Crippen molar-refractivity contribution in [1.29, 1.82) is 0 Å². The van der Waals surface area contributed by atoms with E-state index in [0.29, 0.717) is 17.2 Å². The van der Waals surface area contributed by atoms with Crippen LogP contribution in [0.1, 0.15) is 13.8 Å². The number of ether oxygens (including phenoxy) is 2. The molecular weight excluding hydrogens is 260 g/mol. The van der Waals surface area contributed by atoms with Crippen molar-refractivity contribution in [2.75, 3.05) is 32.7 Å². The van der Waals surface area contributed by atoms with Gasteiger partial charge in [0.05, 0.1) is 19.3 Å². The van der Waals surface area contributed by atoms with Crippen LogP contribution in [0.4, 0.5) is 5.69 Å². The van der Waals surface area contributed by atoms with E-state index in [1.54, 1.807) is 39.1 Å². The molecule has 1 aromatic rings. The van der Waals surface area contributed by atoms with E-state index in [1.807, 2.05) is 0 Å². The second-order valence-corrected chi connectivity index (χ2v) is 4.77. The zero-order valence-corrected chi connectivity index (χ0v) is 12.3. The Labute approximate surface area is 119 Å². The Hall–Kier alpha value is -1.79. The maximum Gasteiger partial charge on any atom is 0.244 e. The first kappa shape index (κ1) is 16.3. The van der Waals surface area contributed by atoms with Crippen LogP contribution in [0.5, 0.6) is 11.5 Å². The lowest BCUT2D eigenvalue weighted by Crippen LogP contribution is -2.47. The van der Waals surface area contributed by atoms with Crippen LogP contribution >= 0.6 is 0 Å². The van der Waals surface area contributed by atoms with Crippen molar-refractivity contribution >= 4 is 11.6 Å². The summed E-state index contributed by atoms with van der Waals surface area (Å²) in [4.78, 5) is 12.1. The van der Waals surface area contributed by atoms with Crippen molar-refractivity contribution in [1.82, 2.24) is 5.32 Å². The first-order chi connectivity index (χ1) is 9.44. The predicted molar refractivity (Wildman–Crippen MR) is 77.3 cm³/mol. The molecule has 20 heavy (non-hydrogen) atoms. The quantitative estimate of drug-likeness (QED) is 0.695. The average Bonchev–Trinajstić information content (AvgIpc) is 2.45. The molecule has 0 aliphatic carbocycles. The number of amides is 1. The van der Waals surface area contributed by atoms with Gasteiger partial charge in [-0.05, 0) is 33.0 Å². The van der Waals surface area contributed by atoms with Crippen LogP contribution in [0, 0.1) is 0 Å². The van der Waals surface area contributed by atoms with Gasteiger partial charge in [0, 0.05) is 11.8 Å². The Morgan fingerprint density at radius 3 is 2.60 bits per heavy atom. The van der Waals surface area contributed by atoms with Gasteiger partial charge in [0.25, 0.3) is 0 Å². The summed E-state index contributed by atoms with van der Waals surface area (Å²) in [6, 6.07) is 5.10. The highest BCUT2D eigenvalue weighted by atomic mass is 16.5. The van der Waals surface area contributed by atoms with Gasteiger partial charge >= 0.3 is 0 Å². The van der Waals surface area contributed by atoms with Crippen LogP contribution in [0.25, 0.3) is 0 Å². The van der Waals surface area contributed by atoms with E-state index in [-0.39, 0.29) is 19.1 Å². The van der Waals surface area contributed by atoms with E-state index >= 15 is 0 Å². The molecule has 0 radical (unpaired) electrons. The number of nitrogens with one attached hydrogen (secondary N) is 2. The minimum absolute atomic E-state index is 0.0907.